The minimum Gasteiger partial charge on any atom is -0.492 e. The maximum atomic E-state index is 14.1. The standard InChI is InChI=1S/C55H66N4O6S.C31H42N2O6S.C25H27NO/c1-7-47(40-17-11-8-12-18-40)51(41-19-13-9-14-20-41)42-27-29-46(30-28-42)65-32-31-58(6)50(62)22-16-10-15-21-44(60)33-48(55(3,4)5)54(64)59-36-45(61)34-49(59)53(63)56-35-39-23-25-43(26-24-39)52-38(2)57-37-66-52;1-20-29(40-19-32-20)22-13-10-21(11-14-22)12-15-27(36)26-17-24(35)18-33(26)30(39)25(31(2,3)4)16-23(34)8-6-5-7-9-28(37)38;1-3-24(20-10-6-4-7-11-20)25(21-12-8-5-9-13-21)22-14-16-23(17-15-22)27-19-18-26-2/h8-9,11-14,17-20,23-30,37,45,48-49,61H,7,10,15-16,21-22,31-36H2,1-6H3,(H,56,63);10-11,13-14,19,24-26,35H,5-9,12,15-18H2,1-4H3,(H,37,38);4-17,26H,3,18-19H2,1-2H3/b51-47-;;25-24-/t45-,48-,49+;24-,25-,26+;/m11./s1. The van der Waals surface area contributed by atoms with Crippen molar-refractivity contribution in [3.8, 4) is 32.4 Å². The number of Topliss-reactive ketones (excluding diaryl/α,β-unsaturated/α-hetero) is 3. The van der Waals surface area contributed by atoms with Gasteiger partial charge in [-0.05, 0) is 179 Å². The predicted molar refractivity (Wildman–Crippen MR) is 535 cm³/mol. The van der Waals surface area contributed by atoms with Gasteiger partial charge in [-0.3, -0.25) is 38.4 Å². The normalized spacial score (nSPS) is 15.7. The number of carbonyl (C=O) groups excluding carboxylic acids is 7. The molecule has 5 N–H and O–H groups in total. The number of aryl methyl sites for hydroxylation is 3. The number of amides is 4. The molecule has 0 bridgehead atoms. The summed E-state index contributed by atoms with van der Waals surface area (Å²) in [6.07, 6.45) is 6.32. The summed E-state index contributed by atoms with van der Waals surface area (Å²) in [6, 6.07) is 73.4. The van der Waals surface area contributed by atoms with Crippen LogP contribution in [0.15, 0.2) is 229 Å². The summed E-state index contributed by atoms with van der Waals surface area (Å²) in [5, 5.41) is 35.9. The molecule has 4 heterocycles. The maximum Gasteiger partial charge on any atom is 0.303 e. The zero-order chi connectivity index (χ0) is 95.6. The molecule has 2 saturated heterocycles. The summed E-state index contributed by atoms with van der Waals surface area (Å²) in [7, 11) is 3.71. The van der Waals surface area contributed by atoms with E-state index in [0.717, 1.165) is 85.4 Å². The molecule has 4 amide bonds. The first-order valence-electron chi connectivity index (χ1n) is 47.0. The number of likely N-dealkylation sites (N-methyl/N-ethyl adjacent to an activating group) is 2. The van der Waals surface area contributed by atoms with E-state index in [1.54, 1.807) is 34.6 Å². The van der Waals surface area contributed by atoms with Gasteiger partial charge < -0.3 is 50.1 Å². The number of rotatable bonds is 43. The van der Waals surface area contributed by atoms with Crippen molar-refractivity contribution in [1.29, 1.82) is 0 Å². The molecule has 20 nitrogen and oxygen atoms in total. The van der Waals surface area contributed by atoms with Crippen LogP contribution in [0.4, 0.5) is 0 Å². The zero-order valence-corrected chi connectivity index (χ0v) is 81.2. The van der Waals surface area contributed by atoms with Gasteiger partial charge in [-0.1, -0.05) is 262 Å². The predicted octanol–water partition coefficient (Wildman–Crippen LogP) is 21.1. The lowest BCUT2D eigenvalue weighted by Crippen LogP contribution is -2.50. The molecular weight excluding hydrogens is 1700 g/mol. The van der Waals surface area contributed by atoms with Gasteiger partial charge in [0.2, 0.25) is 23.6 Å². The van der Waals surface area contributed by atoms with Crippen LogP contribution < -0.4 is 20.1 Å². The fraction of sp³-hybridized carbons (Fsp3) is 0.405. The molecule has 0 aliphatic carbocycles. The van der Waals surface area contributed by atoms with Gasteiger partial charge in [0, 0.05) is 103 Å². The van der Waals surface area contributed by atoms with Crippen molar-refractivity contribution in [2.45, 2.75) is 216 Å². The number of β-amino-alcohol motifs (C(OH)–C–C–N with tert-alkyl or cyclic N) is 2. The smallest absolute Gasteiger partial charge is 0.303 e. The van der Waals surface area contributed by atoms with Gasteiger partial charge in [0.25, 0.3) is 0 Å². The van der Waals surface area contributed by atoms with E-state index in [4.69, 9.17) is 14.6 Å². The number of aliphatic carboxylic acids is 1. The number of carbonyl (C=O) groups is 8. The highest BCUT2D eigenvalue weighted by Gasteiger charge is 2.46. The second-order valence-electron chi connectivity index (χ2n) is 36.8. The van der Waals surface area contributed by atoms with Crippen molar-refractivity contribution in [2.75, 3.05) is 53.5 Å². The van der Waals surface area contributed by atoms with Gasteiger partial charge in [-0.2, -0.15) is 0 Å². The third kappa shape index (κ3) is 31.0. The number of aliphatic hydroxyl groups excluding tert-OH is 2. The topological polar surface area (TPSA) is 275 Å². The van der Waals surface area contributed by atoms with Crippen LogP contribution in [-0.4, -0.2) is 165 Å². The highest BCUT2D eigenvalue weighted by atomic mass is 32.1. The van der Waals surface area contributed by atoms with Crippen LogP contribution in [0.1, 0.15) is 220 Å². The molecule has 0 spiro atoms. The molecule has 22 heteroatoms. The van der Waals surface area contributed by atoms with Crippen LogP contribution >= 0.6 is 22.7 Å². The number of unbranched alkanes of at least 4 members (excludes halogenated alkanes) is 4. The molecule has 6 atom stereocenters. The summed E-state index contributed by atoms with van der Waals surface area (Å²) >= 11 is 3.18. The minimum atomic E-state index is -0.846. The summed E-state index contributed by atoms with van der Waals surface area (Å²) < 4.78 is 11.9. The first-order chi connectivity index (χ1) is 63.9. The average Bonchev–Trinajstić information content (AvgIpc) is 1.80. The van der Waals surface area contributed by atoms with Crippen LogP contribution in [0.5, 0.6) is 11.5 Å². The minimum absolute atomic E-state index is 0.0237. The number of allylic oxidation sites excluding steroid dienone is 2. The molecule has 704 valence electrons. The highest BCUT2D eigenvalue weighted by molar-refractivity contribution is 7.13. The van der Waals surface area contributed by atoms with Gasteiger partial charge in [0.1, 0.15) is 42.3 Å². The summed E-state index contributed by atoms with van der Waals surface area (Å²) in [5.41, 5.74) is 21.0. The fourth-order valence-corrected chi connectivity index (χ4v) is 18.8. The van der Waals surface area contributed by atoms with Crippen molar-refractivity contribution in [3.63, 3.8) is 0 Å². The molecule has 8 aromatic carbocycles. The van der Waals surface area contributed by atoms with E-state index in [9.17, 15) is 48.6 Å². The number of aromatic nitrogens is 2. The van der Waals surface area contributed by atoms with E-state index < -0.39 is 52.9 Å². The van der Waals surface area contributed by atoms with Gasteiger partial charge >= 0.3 is 5.97 Å². The van der Waals surface area contributed by atoms with Crippen LogP contribution in [0.3, 0.4) is 0 Å². The summed E-state index contributed by atoms with van der Waals surface area (Å²) in [6.45, 7) is 22.6. The number of carboxylic acids is 1. The number of benzene rings is 8. The third-order valence-corrected chi connectivity index (χ3v) is 26.8. The summed E-state index contributed by atoms with van der Waals surface area (Å²) in [5.74, 6) is -1.45. The Labute approximate surface area is 794 Å². The van der Waals surface area contributed by atoms with Crippen LogP contribution in [0, 0.1) is 36.5 Å². The first kappa shape index (κ1) is 103. The lowest BCUT2D eigenvalue weighted by atomic mass is 9.76. The molecule has 10 aromatic rings. The van der Waals surface area contributed by atoms with Crippen LogP contribution in [0.25, 0.3) is 43.2 Å². The molecule has 133 heavy (non-hydrogen) atoms. The maximum absolute atomic E-state index is 14.1. The van der Waals surface area contributed by atoms with Gasteiger partial charge in [0.15, 0.2) is 5.78 Å². The zero-order valence-electron chi connectivity index (χ0n) is 79.6. The van der Waals surface area contributed by atoms with E-state index in [-0.39, 0.29) is 99.1 Å². The number of nitrogens with one attached hydrogen (secondary N) is 2. The average molecular weight is 1840 g/mol. The molecule has 0 saturated carbocycles. The molecule has 2 aliphatic heterocycles. The molecule has 2 aromatic heterocycles. The Kier molecular flexibility index (Phi) is 40.1. The number of ether oxygens (including phenoxy) is 2. The Morgan fingerprint density at radius 1 is 0.481 bits per heavy atom. The Bertz CT molecular complexity index is 5460. The molecule has 0 radical (unpaired) electrons. The van der Waals surface area contributed by atoms with Gasteiger partial charge in [-0.25, -0.2) is 9.97 Å². The van der Waals surface area contributed by atoms with Crippen molar-refractivity contribution >= 4 is 91.9 Å². The van der Waals surface area contributed by atoms with Crippen molar-refractivity contribution in [1.82, 2.24) is 35.3 Å². The van der Waals surface area contributed by atoms with E-state index in [2.05, 4.69) is 180 Å². The first-order valence-corrected chi connectivity index (χ1v) is 48.7. The number of aliphatic hydroxyl groups is 2. The van der Waals surface area contributed by atoms with Crippen molar-refractivity contribution < 1.29 is 63.1 Å². The fourth-order valence-electron chi connectivity index (χ4n) is 17.2. The van der Waals surface area contributed by atoms with Gasteiger partial charge in [0.05, 0.1) is 57.0 Å². The Balaban J connectivity index is 0.000000230. The third-order valence-electron chi connectivity index (χ3n) is 24.8. The monoisotopic (exact) mass is 1840 g/mol. The van der Waals surface area contributed by atoms with E-state index in [1.807, 2.05) is 146 Å². The van der Waals surface area contributed by atoms with E-state index >= 15 is 0 Å². The number of thiazole rings is 2. The summed E-state index contributed by atoms with van der Waals surface area (Å²) in [4.78, 5) is 120. The number of hydrogen-bond donors (Lipinski definition) is 5. The highest BCUT2D eigenvalue weighted by Crippen LogP contribution is 2.41. The molecule has 12 rings (SSSR count). The number of ketones is 3. The lowest BCUT2D eigenvalue weighted by Gasteiger charge is -2.34. The molecule has 2 fully saturated rings. The number of carboxylic acid groups (broad SMARTS) is 1. The largest absolute Gasteiger partial charge is 0.492 e. The van der Waals surface area contributed by atoms with E-state index in [1.165, 1.54) is 54.3 Å². The molecule has 0 unspecified atom stereocenters. The Morgan fingerprint density at radius 2 is 0.872 bits per heavy atom. The van der Waals surface area contributed by atoms with Gasteiger partial charge in [-0.15, -0.1) is 22.7 Å². The second kappa shape index (κ2) is 51.5. The van der Waals surface area contributed by atoms with Crippen molar-refractivity contribution in [2.24, 2.45) is 22.7 Å². The second-order valence-corrected chi connectivity index (χ2v) is 38.5. The SMILES string of the molecule is CC/C(=C(\c1ccccc1)c1ccc(OCCN(C)C(=O)CCCCCC(=O)C[C@H](C(=O)N2C[C@H](O)C[C@H]2C(=O)NCc2ccc(-c3scnc3C)cc2)C(C)(C)C)cc1)c1ccccc1.CC/C(=C(\c1ccccc1)c1ccc(OCCNC)cc1)c1ccccc1.Cc1ncsc1-c1ccc(CCC(=O)[C@@H]2C[C@@H](O)CN2C(=O)[C@@H](CC(=O)CCCCCC(=O)O)C(C)(C)C)cc1. The Hall–Kier alpha value is -11.7. The molecule has 2 aliphatic rings. The number of nitrogens with zero attached hydrogens (tertiary/aromatic N) is 5. The van der Waals surface area contributed by atoms with E-state index in [0.29, 0.717) is 84.0 Å². The quantitative estimate of drug-likeness (QED) is 0.0175. The van der Waals surface area contributed by atoms with Crippen molar-refractivity contribution in [3.05, 3.63) is 285 Å². The lowest BCUT2D eigenvalue weighted by molar-refractivity contribution is -0.146. The van der Waals surface area contributed by atoms with Crippen LogP contribution in [-0.2, 0) is 51.3 Å². The number of hydrogen-bond acceptors (Lipinski definition) is 17. The molecular formula is C111H135N7O13S2. The number of likely N-dealkylation sites (tertiary alicyclic amines) is 2. The Morgan fingerprint density at radius 3 is 1.28 bits per heavy atom. The van der Waals surface area contributed by atoms with Crippen LogP contribution in [0.2, 0.25) is 0 Å².